The SMILES string of the molecule is CC(C)c1ccc(N(CC(=O)N(Cc2ccc(Cl)cc2)C(C)C(=O)NC2CCCC2)S(=O)(=O)c2ccccc2)cc1. The molecule has 3 aromatic rings. The van der Waals surface area contributed by atoms with Crippen LogP contribution in [-0.2, 0) is 26.2 Å². The first-order chi connectivity index (χ1) is 19.6. The van der Waals surface area contributed by atoms with Crippen molar-refractivity contribution < 1.29 is 18.0 Å². The number of carbonyl (C=O) groups is 2. The molecule has 1 N–H and O–H groups in total. The normalized spacial score (nSPS) is 14.6. The smallest absolute Gasteiger partial charge is 0.264 e. The summed E-state index contributed by atoms with van der Waals surface area (Å²) in [6, 6.07) is 21.6. The van der Waals surface area contributed by atoms with Gasteiger partial charge in [-0.25, -0.2) is 8.42 Å². The van der Waals surface area contributed by atoms with E-state index in [1.54, 1.807) is 61.5 Å². The van der Waals surface area contributed by atoms with Crippen LogP contribution in [0.2, 0.25) is 5.02 Å². The second-order valence-electron chi connectivity index (χ2n) is 10.9. The third-order valence-electron chi connectivity index (χ3n) is 7.59. The molecule has 9 heteroatoms. The molecule has 1 saturated carbocycles. The topological polar surface area (TPSA) is 86.8 Å². The summed E-state index contributed by atoms with van der Waals surface area (Å²) in [5, 5.41) is 3.64. The first-order valence-corrected chi connectivity index (χ1v) is 15.9. The highest BCUT2D eigenvalue weighted by atomic mass is 35.5. The second-order valence-corrected chi connectivity index (χ2v) is 13.2. The maximum Gasteiger partial charge on any atom is 0.264 e. The van der Waals surface area contributed by atoms with Gasteiger partial charge in [-0.3, -0.25) is 13.9 Å². The van der Waals surface area contributed by atoms with Crippen molar-refractivity contribution in [2.24, 2.45) is 0 Å². The van der Waals surface area contributed by atoms with E-state index in [-0.39, 0.29) is 29.3 Å². The molecule has 1 unspecified atom stereocenters. The van der Waals surface area contributed by atoms with Gasteiger partial charge >= 0.3 is 0 Å². The first kappa shape index (κ1) is 30.6. The van der Waals surface area contributed by atoms with Gasteiger partial charge in [0.2, 0.25) is 11.8 Å². The van der Waals surface area contributed by atoms with E-state index in [1.807, 2.05) is 12.1 Å². The lowest BCUT2D eigenvalue weighted by atomic mass is 10.0. The molecule has 1 atom stereocenters. The molecule has 0 radical (unpaired) electrons. The molecular weight excluding hydrogens is 558 g/mol. The average Bonchev–Trinajstić information content (AvgIpc) is 3.48. The summed E-state index contributed by atoms with van der Waals surface area (Å²) in [7, 11) is -4.09. The monoisotopic (exact) mass is 595 g/mol. The van der Waals surface area contributed by atoms with Crippen LogP contribution >= 0.6 is 11.6 Å². The van der Waals surface area contributed by atoms with Crippen molar-refractivity contribution in [1.82, 2.24) is 10.2 Å². The molecule has 0 aromatic heterocycles. The van der Waals surface area contributed by atoms with E-state index >= 15 is 0 Å². The number of nitrogens with zero attached hydrogens (tertiary/aromatic N) is 2. The van der Waals surface area contributed by atoms with Crippen molar-refractivity contribution in [3.8, 4) is 0 Å². The summed E-state index contributed by atoms with van der Waals surface area (Å²) < 4.78 is 28.9. The zero-order valence-corrected chi connectivity index (χ0v) is 25.4. The van der Waals surface area contributed by atoms with E-state index in [0.29, 0.717) is 10.7 Å². The van der Waals surface area contributed by atoms with Crippen LogP contribution in [0.25, 0.3) is 0 Å². The van der Waals surface area contributed by atoms with Crippen LogP contribution in [-0.4, -0.2) is 43.8 Å². The Labute approximate surface area is 248 Å². The average molecular weight is 596 g/mol. The van der Waals surface area contributed by atoms with Gasteiger partial charge in [0, 0.05) is 17.6 Å². The first-order valence-electron chi connectivity index (χ1n) is 14.1. The zero-order valence-electron chi connectivity index (χ0n) is 23.8. The molecule has 4 rings (SSSR count). The number of benzene rings is 3. The van der Waals surface area contributed by atoms with Gasteiger partial charge in [0.25, 0.3) is 10.0 Å². The highest BCUT2D eigenvalue weighted by Crippen LogP contribution is 2.27. The summed E-state index contributed by atoms with van der Waals surface area (Å²) in [6.45, 7) is 5.46. The van der Waals surface area contributed by atoms with Crippen LogP contribution < -0.4 is 9.62 Å². The van der Waals surface area contributed by atoms with Gasteiger partial charge in [-0.05, 0) is 73.2 Å². The Bertz CT molecular complexity index is 1420. The van der Waals surface area contributed by atoms with Gasteiger partial charge in [0.05, 0.1) is 10.6 Å². The highest BCUT2D eigenvalue weighted by molar-refractivity contribution is 7.92. The van der Waals surface area contributed by atoms with Gasteiger partial charge in [0.15, 0.2) is 0 Å². The molecule has 0 saturated heterocycles. The quantitative estimate of drug-likeness (QED) is 0.289. The standard InChI is InChI=1S/C32H38ClN3O4S/c1-23(2)26-15-19-29(20-16-26)36(41(39,40)30-11-5-4-6-12-30)22-31(37)35(21-25-13-17-27(33)18-14-25)24(3)32(38)34-28-9-7-8-10-28/h4-6,11-20,23-24,28H,7-10,21-22H2,1-3H3,(H,34,38). The second kappa shape index (κ2) is 13.5. The zero-order chi connectivity index (χ0) is 29.6. The Kier molecular flexibility index (Phi) is 10.1. The van der Waals surface area contributed by atoms with Gasteiger partial charge in [-0.15, -0.1) is 0 Å². The molecule has 41 heavy (non-hydrogen) atoms. The van der Waals surface area contributed by atoms with Crippen molar-refractivity contribution in [3.63, 3.8) is 0 Å². The number of hydrogen-bond acceptors (Lipinski definition) is 4. The van der Waals surface area contributed by atoms with E-state index < -0.39 is 28.5 Å². The summed E-state index contributed by atoms with van der Waals surface area (Å²) >= 11 is 6.08. The van der Waals surface area contributed by atoms with E-state index in [4.69, 9.17) is 11.6 Å². The van der Waals surface area contributed by atoms with Crippen LogP contribution in [0.15, 0.2) is 83.8 Å². The predicted octanol–water partition coefficient (Wildman–Crippen LogP) is 6.13. The van der Waals surface area contributed by atoms with Gasteiger partial charge in [-0.1, -0.05) is 80.8 Å². The Morgan fingerprint density at radius 1 is 0.902 bits per heavy atom. The molecule has 0 spiro atoms. The number of halogens is 1. The van der Waals surface area contributed by atoms with Crippen LogP contribution in [0.3, 0.4) is 0 Å². The Balaban J connectivity index is 1.68. The lowest BCUT2D eigenvalue weighted by Crippen LogP contribution is -2.52. The van der Waals surface area contributed by atoms with Gasteiger partial charge in [-0.2, -0.15) is 0 Å². The summed E-state index contributed by atoms with van der Waals surface area (Å²) in [5.74, 6) is -0.474. The molecule has 1 fully saturated rings. The largest absolute Gasteiger partial charge is 0.352 e. The van der Waals surface area contributed by atoms with E-state index in [1.165, 1.54) is 17.0 Å². The number of rotatable bonds is 11. The molecule has 0 aliphatic heterocycles. The van der Waals surface area contributed by atoms with Crippen LogP contribution in [0.4, 0.5) is 5.69 Å². The minimum Gasteiger partial charge on any atom is -0.352 e. The maximum absolute atomic E-state index is 14.0. The summed E-state index contributed by atoms with van der Waals surface area (Å²) in [4.78, 5) is 28.9. The molecule has 0 heterocycles. The molecule has 218 valence electrons. The number of carbonyl (C=O) groups excluding carboxylic acids is 2. The highest BCUT2D eigenvalue weighted by Gasteiger charge is 2.33. The summed E-state index contributed by atoms with van der Waals surface area (Å²) in [6.07, 6.45) is 3.96. The molecule has 1 aliphatic rings. The maximum atomic E-state index is 14.0. The Morgan fingerprint density at radius 2 is 1.51 bits per heavy atom. The number of hydrogen-bond donors (Lipinski definition) is 1. The summed E-state index contributed by atoms with van der Waals surface area (Å²) in [5.41, 5.74) is 2.21. The van der Waals surface area contributed by atoms with Crippen LogP contribution in [0.1, 0.15) is 63.5 Å². The number of sulfonamides is 1. The third-order valence-corrected chi connectivity index (χ3v) is 9.63. The molecule has 1 aliphatic carbocycles. The van der Waals surface area contributed by atoms with Gasteiger partial charge < -0.3 is 10.2 Å². The lowest BCUT2D eigenvalue weighted by Gasteiger charge is -2.32. The fraction of sp³-hybridized carbons (Fsp3) is 0.375. The van der Waals surface area contributed by atoms with Crippen molar-refractivity contribution in [2.45, 2.75) is 75.9 Å². The lowest BCUT2D eigenvalue weighted by molar-refractivity contribution is -0.139. The van der Waals surface area contributed by atoms with Crippen molar-refractivity contribution in [3.05, 3.63) is 95.0 Å². The fourth-order valence-corrected chi connectivity index (χ4v) is 6.60. The van der Waals surface area contributed by atoms with Crippen molar-refractivity contribution in [1.29, 1.82) is 0 Å². The number of anilines is 1. The fourth-order valence-electron chi connectivity index (χ4n) is 5.03. The number of amides is 2. The number of nitrogens with one attached hydrogen (secondary N) is 1. The minimum atomic E-state index is -4.09. The third kappa shape index (κ3) is 7.68. The van der Waals surface area contributed by atoms with E-state index in [9.17, 15) is 18.0 Å². The predicted molar refractivity (Wildman–Crippen MR) is 163 cm³/mol. The molecule has 2 amide bonds. The molecule has 3 aromatic carbocycles. The van der Waals surface area contributed by atoms with E-state index in [0.717, 1.165) is 41.1 Å². The molecular formula is C32H38ClN3O4S. The Morgan fingerprint density at radius 3 is 2.10 bits per heavy atom. The Hall–Kier alpha value is -3.36. The van der Waals surface area contributed by atoms with Crippen molar-refractivity contribution >= 4 is 39.1 Å². The van der Waals surface area contributed by atoms with Crippen LogP contribution in [0.5, 0.6) is 0 Å². The molecule has 0 bridgehead atoms. The minimum absolute atomic E-state index is 0.0806. The van der Waals surface area contributed by atoms with Crippen LogP contribution in [0, 0.1) is 0 Å². The van der Waals surface area contributed by atoms with E-state index in [2.05, 4.69) is 19.2 Å². The van der Waals surface area contributed by atoms with Crippen molar-refractivity contribution in [2.75, 3.05) is 10.8 Å². The van der Waals surface area contributed by atoms with Gasteiger partial charge in [0.1, 0.15) is 12.6 Å². The molecule has 7 nitrogen and oxygen atoms in total.